The maximum Gasteiger partial charge on any atom is 0.140 e. The molecule has 1 aromatic heterocycles. The second-order valence-corrected chi connectivity index (χ2v) is 6.20. The highest BCUT2D eigenvalue weighted by atomic mass is 35.5. The maximum absolute atomic E-state index is 6.41. The van der Waals surface area contributed by atoms with Gasteiger partial charge in [-0.2, -0.15) is 0 Å². The Bertz CT molecular complexity index is 652. The predicted octanol–water partition coefficient (Wildman–Crippen LogP) is 4.15. The average molecular weight is 320 g/mol. The van der Waals surface area contributed by atoms with E-state index in [2.05, 4.69) is 36.2 Å². The first-order valence-corrected chi connectivity index (χ1v) is 7.83. The highest BCUT2D eigenvalue weighted by Gasteiger charge is 2.28. The molecule has 0 amide bonds. The van der Waals surface area contributed by atoms with E-state index in [1.807, 2.05) is 0 Å². The fourth-order valence-electron chi connectivity index (χ4n) is 3.57. The van der Waals surface area contributed by atoms with Gasteiger partial charge in [0.2, 0.25) is 0 Å². The molecule has 4 rings (SSSR count). The lowest BCUT2D eigenvalue weighted by molar-refractivity contribution is 0.118. The molecule has 1 aliphatic carbocycles. The Kier molecular flexibility index (Phi) is 4.46. The number of ether oxygens (including phenoxy) is 1. The Hall–Kier alpha value is -1.45. The van der Waals surface area contributed by atoms with E-state index >= 15 is 0 Å². The number of benzene rings is 1. The third-order valence-corrected chi connectivity index (χ3v) is 4.64. The van der Waals surface area contributed by atoms with E-state index in [4.69, 9.17) is 9.15 Å². The molecule has 0 fully saturated rings. The largest absolute Gasteiger partial charge is 0.484 e. The number of rotatable bonds is 2. The molecular weight excluding hydrogens is 298 g/mol. The van der Waals surface area contributed by atoms with Crippen molar-refractivity contribution >= 4 is 12.4 Å². The normalized spacial score (nSPS) is 20.7. The van der Waals surface area contributed by atoms with E-state index < -0.39 is 0 Å². The smallest absolute Gasteiger partial charge is 0.140 e. The Labute approximate surface area is 137 Å². The molecule has 2 aromatic rings. The van der Waals surface area contributed by atoms with E-state index in [0.717, 1.165) is 31.0 Å². The first kappa shape index (κ1) is 15.4. The van der Waals surface area contributed by atoms with E-state index in [0.29, 0.717) is 0 Å². The van der Waals surface area contributed by atoms with Gasteiger partial charge in [0, 0.05) is 12.1 Å². The van der Waals surface area contributed by atoms with E-state index in [9.17, 15) is 0 Å². The van der Waals surface area contributed by atoms with E-state index in [-0.39, 0.29) is 18.5 Å². The molecule has 2 heterocycles. The minimum absolute atomic E-state index is 0. The molecule has 2 aliphatic rings. The van der Waals surface area contributed by atoms with Gasteiger partial charge < -0.3 is 9.15 Å². The number of aryl methyl sites for hydroxylation is 1. The summed E-state index contributed by atoms with van der Waals surface area (Å²) in [6.45, 7) is 1.78. The summed E-state index contributed by atoms with van der Waals surface area (Å²) in [7, 11) is 2.11. The van der Waals surface area contributed by atoms with Crippen molar-refractivity contribution in [2.45, 2.75) is 38.3 Å². The SMILES string of the molecule is CN1Cc2occc2C(Oc2cccc3c2CCCC3)C1.Cl. The van der Waals surface area contributed by atoms with Crippen molar-refractivity contribution in [2.24, 2.45) is 0 Å². The molecule has 22 heavy (non-hydrogen) atoms. The Morgan fingerprint density at radius 3 is 2.95 bits per heavy atom. The molecule has 4 heteroatoms. The van der Waals surface area contributed by atoms with Crippen molar-refractivity contribution < 1.29 is 9.15 Å². The van der Waals surface area contributed by atoms with Crippen LogP contribution in [0.4, 0.5) is 0 Å². The molecule has 0 N–H and O–H groups in total. The van der Waals surface area contributed by atoms with Gasteiger partial charge in [0.25, 0.3) is 0 Å². The molecule has 0 spiro atoms. The lowest BCUT2D eigenvalue weighted by Gasteiger charge is -2.30. The molecule has 118 valence electrons. The molecule has 1 atom stereocenters. The average Bonchev–Trinajstić information content (AvgIpc) is 2.96. The van der Waals surface area contributed by atoms with Crippen LogP contribution in [0.1, 0.15) is 41.4 Å². The molecule has 0 saturated heterocycles. The van der Waals surface area contributed by atoms with Crippen LogP contribution < -0.4 is 4.74 Å². The summed E-state index contributed by atoms with van der Waals surface area (Å²) in [4.78, 5) is 2.26. The van der Waals surface area contributed by atoms with Crippen molar-refractivity contribution in [3.63, 3.8) is 0 Å². The highest BCUT2D eigenvalue weighted by molar-refractivity contribution is 5.85. The summed E-state index contributed by atoms with van der Waals surface area (Å²) in [5.74, 6) is 2.11. The van der Waals surface area contributed by atoms with Crippen LogP contribution in [-0.4, -0.2) is 18.5 Å². The molecule has 0 bridgehead atoms. The second-order valence-electron chi connectivity index (χ2n) is 6.20. The van der Waals surface area contributed by atoms with Crippen molar-refractivity contribution in [3.05, 3.63) is 53.0 Å². The quantitative estimate of drug-likeness (QED) is 0.831. The topological polar surface area (TPSA) is 25.6 Å². The fraction of sp³-hybridized carbons (Fsp3) is 0.444. The number of hydrogen-bond acceptors (Lipinski definition) is 3. The van der Waals surface area contributed by atoms with Gasteiger partial charge in [0.05, 0.1) is 12.8 Å². The molecule has 1 aliphatic heterocycles. The number of hydrogen-bond donors (Lipinski definition) is 0. The maximum atomic E-state index is 6.41. The third kappa shape index (κ3) is 2.75. The standard InChI is InChI=1S/C18H21NO2.ClH/c1-19-11-17-15(9-10-20-17)18(12-19)21-16-8-4-6-13-5-2-3-7-14(13)16;/h4,6,8-10,18H,2-3,5,7,11-12H2,1H3;1H. The van der Waals surface area contributed by atoms with Gasteiger partial charge in [-0.15, -0.1) is 12.4 Å². The van der Waals surface area contributed by atoms with Crippen molar-refractivity contribution in [3.8, 4) is 5.75 Å². The number of fused-ring (bicyclic) bond motifs is 2. The summed E-state index contributed by atoms with van der Waals surface area (Å²) in [5, 5.41) is 0. The zero-order valence-electron chi connectivity index (χ0n) is 12.9. The summed E-state index contributed by atoms with van der Waals surface area (Å²) < 4.78 is 12.0. The van der Waals surface area contributed by atoms with Gasteiger partial charge in [-0.25, -0.2) is 0 Å². The number of likely N-dealkylation sites (N-methyl/N-ethyl adjacent to an activating group) is 1. The summed E-state index contributed by atoms with van der Waals surface area (Å²) >= 11 is 0. The number of furan rings is 1. The van der Waals surface area contributed by atoms with Crippen LogP contribution in [0, 0.1) is 0 Å². The van der Waals surface area contributed by atoms with Gasteiger partial charge in [-0.05, 0) is 56.0 Å². The molecule has 1 aromatic carbocycles. The lowest BCUT2D eigenvalue weighted by Crippen LogP contribution is -2.32. The van der Waals surface area contributed by atoms with Crippen LogP contribution in [0.2, 0.25) is 0 Å². The van der Waals surface area contributed by atoms with Crippen LogP contribution >= 0.6 is 12.4 Å². The van der Waals surface area contributed by atoms with E-state index in [1.54, 1.807) is 6.26 Å². The van der Waals surface area contributed by atoms with Gasteiger partial charge >= 0.3 is 0 Å². The molecule has 1 unspecified atom stereocenters. The van der Waals surface area contributed by atoms with Gasteiger partial charge in [-0.3, -0.25) is 4.90 Å². The van der Waals surface area contributed by atoms with Crippen LogP contribution in [-0.2, 0) is 19.4 Å². The van der Waals surface area contributed by atoms with Crippen LogP contribution in [0.15, 0.2) is 34.9 Å². The zero-order chi connectivity index (χ0) is 14.2. The van der Waals surface area contributed by atoms with E-state index in [1.165, 1.54) is 36.0 Å². The van der Waals surface area contributed by atoms with Crippen molar-refractivity contribution in [1.82, 2.24) is 4.90 Å². The van der Waals surface area contributed by atoms with Gasteiger partial charge in [0.15, 0.2) is 0 Å². The minimum atomic E-state index is 0. The third-order valence-electron chi connectivity index (χ3n) is 4.64. The van der Waals surface area contributed by atoms with Crippen LogP contribution in [0.3, 0.4) is 0 Å². The molecule has 0 saturated carbocycles. The highest BCUT2D eigenvalue weighted by Crippen LogP contribution is 2.35. The molecule has 3 nitrogen and oxygen atoms in total. The molecular formula is C18H22ClNO2. The van der Waals surface area contributed by atoms with Crippen molar-refractivity contribution in [1.29, 1.82) is 0 Å². The Morgan fingerprint density at radius 2 is 2.05 bits per heavy atom. The first-order valence-electron chi connectivity index (χ1n) is 7.83. The first-order chi connectivity index (χ1) is 10.3. The molecule has 0 radical (unpaired) electrons. The zero-order valence-corrected chi connectivity index (χ0v) is 13.7. The summed E-state index contributed by atoms with van der Waals surface area (Å²) in [6, 6.07) is 8.56. The Morgan fingerprint density at radius 1 is 1.18 bits per heavy atom. The van der Waals surface area contributed by atoms with Crippen LogP contribution in [0.5, 0.6) is 5.75 Å². The minimum Gasteiger partial charge on any atom is -0.484 e. The fourth-order valence-corrected chi connectivity index (χ4v) is 3.57. The number of halogens is 1. The second kappa shape index (κ2) is 6.35. The van der Waals surface area contributed by atoms with Crippen LogP contribution in [0.25, 0.3) is 0 Å². The van der Waals surface area contributed by atoms with Crippen molar-refractivity contribution in [2.75, 3.05) is 13.6 Å². The van der Waals surface area contributed by atoms with Gasteiger partial charge in [0.1, 0.15) is 17.6 Å². The Balaban J connectivity index is 0.00000144. The summed E-state index contributed by atoms with van der Waals surface area (Å²) in [5.41, 5.74) is 4.10. The monoisotopic (exact) mass is 319 g/mol. The summed E-state index contributed by atoms with van der Waals surface area (Å²) in [6.07, 6.45) is 6.76. The lowest BCUT2D eigenvalue weighted by atomic mass is 9.91. The number of nitrogens with zero attached hydrogens (tertiary/aromatic N) is 1. The predicted molar refractivity (Wildman–Crippen MR) is 88.7 cm³/mol. The van der Waals surface area contributed by atoms with Gasteiger partial charge in [-0.1, -0.05) is 12.1 Å².